The van der Waals surface area contributed by atoms with E-state index in [9.17, 15) is 0 Å². The van der Waals surface area contributed by atoms with Gasteiger partial charge in [0.2, 0.25) is 0 Å². The van der Waals surface area contributed by atoms with Crippen molar-refractivity contribution in [3.8, 4) is 0 Å². The number of rotatable bonds is 9. The number of nitrogens with one attached hydrogen (secondary N) is 2. The predicted octanol–water partition coefficient (Wildman–Crippen LogP) is 3.10. The van der Waals surface area contributed by atoms with Crippen LogP contribution < -0.4 is 10.6 Å². The van der Waals surface area contributed by atoms with Crippen molar-refractivity contribution in [2.45, 2.75) is 45.6 Å². The fraction of sp³-hybridized carbons (Fsp3) is 0.476. The Hall–Kier alpha value is -2.63. The molecule has 1 aromatic heterocycles. The van der Waals surface area contributed by atoms with Crippen molar-refractivity contribution in [3.05, 3.63) is 60.2 Å². The molecule has 0 saturated heterocycles. The van der Waals surface area contributed by atoms with Crippen LogP contribution in [0.4, 0.5) is 0 Å². The highest BCUT2D eigenvalue weighted by atomic mass is 15.3. The molecule has 0 atom stereocenters. The van der Waals surface area contributed by atoms with Crippen LogP contribution in [-0.4, -0.2) is 33.8 Å². The number of benzene rings is 1. The third-order valence-electron chi connectivity index (χ3n) is 5.31. The summed E-state index contributed by atoms with van der Waals surface area (Å²) in [6.07, 6.45) is 3.93. The van der Waals surface area contributed by atoms with Gasteiger partial charge in [-0.25, -0.2) is 4.99 Å². The molecular formula is C21H32N6. The van der Waals surface area contributed by atoms with Crippen molar-refractivity contribution >= 4 is 5.96 Å². The number of hydrogen-bond donors (Lipinski definition) is 2. The third kappa shape index (κ3) is 5.18. The van der Waals surface area contributed by atoms with Crippen LogP contribution in [-0.2, 0) is 19.0 Å². The Labute approximate surface area is 162 Å². The summed E-state index contributed by atoms with van der Waals surface area (Å²) in [5, 5.41) is 15.1. The second-order valence-corrected chi connectivity index (χ2v) is 6.76. The Morgan fingerprint density at radius 1 is 1.19 bits per heavy atom. The highest BCUT2D eigenvalue weighted by Gasteiger charge is 2.28. The lowest BCUT2D eigenvalue weighted by atomic mass is 9.76. The van der Waals surface area contributed by atoms with E-state index >= 15 is 0 Å². The number of hydrogen-bond acceptors (Lipinski definition) is 3. The molecule has 0 unspecified atom stereocenters. The maximum Gasteiger partial charge on any atom is 0.191 e. The molecule has 1 heterocycles. The molecule has 6 nitrogen and oxygen atoms in total. The van der Waals surface area contributed by atoms with Crippen LogP contribution in [0, 0.1) is 6.92 Å². The number of guanidine groups is 1. The summed E-state index contributed by atoms with van der Waals surface area (Å²) in [5.41, 5.74) is 1.42. The normalized spacial score (nSPS) is 12.1. The summed E-state index contributed by atoms with van der Waals surface area (Å²) in [6, 6.07) is 10.7. The maximum absolute atomic E-state index is 4.69. The van der Waals surface area contributed by atoms with E-state index < -0.39 is 0 Å². The highest BCUT2D eigenvalue weighted by molar-refractivity contribution is 5.80. The average Bonchev–Trinajstić information content (AvgIpc) is 3.03. The monoisotopic (exact) mass is 368 g/mol. The highest BCUT2D eigenvalue weighted by Crippen LogP contribution is 2.30. The topological polar surface area (TPSA) is 67.1 Å². The minimum Gasteiger partial charge on any atom is -0.355 e. The molecule has 27 heavy (non-hydrogen) atoms. The molecule has 2 aromatic rings. The Morgan fingerprint density at radius 2 is 1.89 bits per heavy atom. The first-order valence-corrected chi connectivity index (χ1v) is 9.59. The lowest BCUT2D eigenvalue weighted by Crippen LogP contribution is -2.45. The minimum atomic E-state index is 0.0687. The van der Waals surface area contributed by atoms with E-state index in [0.29, 0.717) is 13.1 Å². The maximum atomic E-state index is 4.69. The largest absolute Gasteiger partial charge is 0.355 e. The van der Waals surface area contributed by atoms with Crippen LogP contribution in [0.1, 0.15) is 43.9 Å². The number of aryl methyl sites for hydroxylation is 1. The smallest absolute Gasteiger partial charge is 0.191 e. The molecule has 0 bridgehead atoms. The quantitative estimate of drug-likeness (QED) is 0.405. The van der Waals surface area contributed by atoms with Crippen molar-refractivity contribution in [2.24, 2.45) is 12.0 Å². The summed E-state index contributed by atoms with van der Waals surface area (Å²) < 4.78 is 1.96. The van der Waals surface area contributed by atoms with Crippen LogP contribution in [0.2, 0.25) is 0 Å². The number of aromatic nitrogens is 3. The summed E-state index contributed by atoms with van der Waals surface area (Å²) in [7, 11) is 1.96. The second-order valence-electron chi connectivity index (χ2n) is 6.76. The van der Waals surface area contributed by atoms with Gasteiger partial charge in [0.25, 0.3) is 0 Å². The zero-order valence-corrected chi connectivity index (χ0v) is 17.0. The van der Waals surface area contributed by atoms with Gasteiger partial charge in [0.15, 0.2) is 11.8 Å². The SMILES string of the molecule is C=CCNC(=NCc1nnc(C)n1C)NCC(CC)(CC)c1ccccc1. The van der Waals surface area contributed by atoms with Gasteiger partial charge in [0.1, 0.15) is 12.4 Å². The van der Waals surface area contributed by atoms with Crippen LogP contribution in [0.3, 0.4) is 0 Å². The van der Waals surface area contributed by atoms with E-state index in [1.807, 2.05) is 24.6 Å². The van der Waals surface area contributed by atoms with Gasteiger partial charge >= 0.3 is 0 Å². The lowest BCUT2D eigenvalue weighted by molar-refractivity contribution is 0.389. The Balaban J connectivity index is 2.15. The van der Waals surface area contributed by atoms with Crippen molar-refractivity contribution in [1.29, 1.82) is 0 Å². The molecule has 0 aliphatic carbocycles. The first-order chi connectivity index (χ1) is 13.1. The summed E-state index contributed by atoms with van der Waals surface area (Å²) in [6.45, 7) is 12.1. The van der Waals surface area contributed by atoms with Gasteiger partial charge in [-0.1, -0.05) is 50.3 Å². The van der Waals surface area contributed by atoms with Crippen LogP contribution in [0.5, 0.6) is 0 Å². The van der Waals surface area contributed by atoms with E-state index in [-0.39, 0.29) is 5.41 Å². The van der Waals surface area contributed by atoms with Crippen molar-refractivity contribution in [2.75, 3.05) is 13.1 Å². The molecule has 6 heteroatoms. The Bertz CT molecular complexity index is 743. The van der Waals surface area contributed by atoms with E-state index in [4.69, 9.17) is 4.99 Å². The standard InChI is InChI=1S/C21H32N6/c1-6-14-22-20(23-15-19-26-25-17(4)27(19)5)24-16-21(7-2,8-3)18-12-10-9-11-13-18/h6,9-13H,1,7-8,14-16H2,2-5H3,(H2,22,23,24). The second kappa shape index (κ2) is 9.90. The zero-order valence-electron chi connectivity index (χ0n) is 17.0. The molecule has 0 amide bonds. The molecule has 0 fully saturated rings. The molecule has 0 saturated carbocycles. The molecule has 0 aliphatic rings. The first kappa shape index (κ1) is 20.7. The minimum absolute atomic E-state index is 0.0687. The van der Waals surface area contributed by atoms with Crippen molar-refractivity contribution < 1.29 is 0 Å². The molecule has 2 N–H and O–H groups in total. The fourth-order valence-electron chi connectivity index (χ4n) is 3.14. The van der Waals surface area contributed by atoms with Crippen LogP contribution in [0.15, 0.2) is 48.0 Å². The van der Waals surface area contributed by atoms with E-state index in [1.54, 1.807) is 0 Å². The average molecular weight is 369 g/mol. The third-order valence-corrected chi connectivity index (χ3v) is 5.31. The molecule has 0 aliphatic heterocycles. The predicted molar refractivity (Wildman–Crippen MR) is 112 cm³/mol. The molecular weight excluding hydrogens is 336 g/mol. The number of nitrogens with zero attached hydrogens (tertiary/aromatic N) is 4. The molecule has 1 aromatic carbocycles. The van der Waals surface area contributed by atoms with Gasteiger partial charge in [-0.3, -0.25) is 0 Å². The van der Waals surface area contributed by atoms with Gasteiger partial charge in [0, 0.05) is 25.6 Å². The van der Waals surface area contributed by atoms with Crippen LogP contribution >= 0.6 is 0 Å². The van der Waals surface area contributed by atoms with Crippen molar-refractivity contribution in [3.63, 3.8) is 0 Å². The van der Waals surface area contributed by atoms with Crippen LogP contribution in [0.25, 0.3) is 0 Å². The van der Waals surface area contributed by atoms with Gasteiger partial charge in [-0.05, 0) is 25.3 Å². The molecule has 146 valence electrons. The molecule has 0 radical (unpaired) electrons. The lowest BCUT2D eigenvalue weighted by Gasteiger charge is -2.33. The van der Waals surface area contributed by atoms with Gasteiger partial charge in [-0.15, -0.1) is 16.8 Å². The van der Waals surface area contributed by atoms with E-state index in [0.717, 1.165) is 37.0 Å². The van der Waals surface area contributed by atoms with Gasteiger partial charge < -0.3 is 15.2 Å². The zero-order chi connectivity index (χ0) is 19.7. The van der Waals surface area contributed by atoms with Gasteiger partial charge in [0.05, 0.1) is 0 Å². The van der Waals surface area contributed by atoms with Crippen molar-refractivity contribution in [1.82, 2.24) is 25.4 Å². The van der Waals surface area contributed by atoms with E-state index in [1.165, 1.54) is 5.56 Å². The first-order valence-electron chi connectivity index (χ1n) is 9.59. The van der Waals surface area contributed by atoms with Gasteiger partial charge in [-0.2, -0.15) is 0 Å². The molecule has 2 rings (SSSR count). The summed E-state index contributed by atoms with van der Waals surface area (Å²) in [4.78, 5) is 4.69. The summed E-state index contributed by atoms with van der Waals surface area (Å²) >= 11 is 0. The fourth-order valence-corrected chi connectivity index (χ4v) is 3.14. The Kier molecular flexibility index (Phi) is 7.58. The summed E-state index contributed by atoms with van der Waals surface area (Å²) in [5.74, 6) is 2.49. The number of aliphatic imine (C=N–C) groups is 1. The van der Waals surface area contributed by atoms with E-state index in [2.05, 4.69) is 71.6 Å². The Morgan fingerprint density at radius 3 is 2.44 bits per heavy atom. The molecule has 0 spiro atoms.